The molecule has 39 heavy (non-hydrogen) atoms. The zero-order valence-electron chi connectivity index (χ0n) is 21.7. The lowest BCUT2D eigenvalue weighted by molar-refractivity contribution is 0.0195. The number of nitrogens with zero attached hydrogens (tertiary/aromatic N) is 7. The maximum atomic E-state index is 14.1. The predicted molar refractivity (Wildman–Crippen MR) is 142 cm³/mol. The third-order valence-electron chi connectivity index (χ3n) is 7.33. The fraction of sp³-hybridized carbons (Fsp3) is 0.417. The Morgan fingerprint density at radius 1 is 1.15 bits per heavy atom. The van der Waals surface area contributed by atoms with E-state index in [1.54, 1.807) is 37.5 Å². The summed E-state index contributed by atoms with van der Waals surface area (Å²) in [5, 5.41) is 21.4. The molecule has 3 aromatic rings. The van der Waals surface area contributed by atoms with Crippen LogP contribution in [0.15, 0.2) is 29.2 Å². The van der Waals surface area contributed by atoms with Gasteiger partial charge >= 0.3 is 0 Å². The Morgan fingerprint density at radius 2 is 1.85 bits per heavy atom. The van der Waals surface area contributed by atoms with E-state index in [1.165, 1.54) is 21.8 Å². The fourth-order valence-corrected chi connectivity index (χ4v) is 6.92. The average molecular weight is 580 g/mol. The molecule has 1 saturated heterocycles. The first-order valence-electron chi connectivity index (χ1n) is 12.1. The average Bonchev–Trinajstić information content (AvgIpc) is 3.37. The number of fused-ring (bicyclic) bond motifs is 1. The van der Waals surface area contributed by atoms with E-state index >= 15 is 0 Å². The summed E-state index contributed by atoms with van der Waals surface area (Å²) in [5.41, 5.74) is -1.48. The van der Waals surface area contributed by atoms with Crippen LogP contribution in [-0.4, -0.2) is 90.5 Å². The largest absolute Gasteiger partial charge is 0.502 e. The van der Waals surface area contributed by atoms with Gasteiger partial charge in [0.15, 0.2) is 27.6 Å². The molecule has 1 aromatic carbocycles. The second-order valence-electron chi connectivity index (χ2n) is 9.67. The SMILES string of the molecule is CN(C)S(=O)N1CCC2(CC1)N(C)C(=O)c1c(O)c(=O)c(-c3nnc(Cc4ccc(F)cc4F)s3)cn1N2C. The molecule has 4 heterocycles. The van der Waals surface area contributed by atoms with Crippen molar-refractivity contribution in [1.29, 1.82) is 0 Å². The second-order valence-corrected chi connectivity index (χ2v) is 12.4. The van der Waals surface area contributed by atoms with Crippen LogP contribution in [-0.2, 0) is 17.6 Å². The fourth-order valence-electron chi connectivity index (χ4n) is 5.10. The minimum absolute atomic E-state index is 0.0325. The Balaban J connectivity index is 1.50. The standard InChI is InChI=1S/C24H27F2N7O4S2/c1-29(2)39(37)32-9-7-24(8-10-32)30(3)23(36)19-21(35)20(34)16(13-33(19)31(24)4)22-28-27-18(38-22)11-14-5-6-15(25)12-17(14)26/h5-6,12-13,35H,7-11H2,1-4H3. The lowest BCUT2D eigenvalue weighted by Crippen LogP contribution is -2.71. The lowest BCUT2D eigenvalue weighted by atomic mass is 9.93. The van der Waals surface area contributed by atoms with Gasteiger partial charge in [0.1, 0.15) is 22.3 Å². The molecule has 208 valence electrons. The summed E-state index contributed by atoms with van der Waals surface area (Å²) < 4.78 is 44.9. The van der Waals surface area contributed by atoms with E-state index in [0.29, 0.717) is 30.9 Å². The molecule has 0 aliphatic carbocycles. The highest BCUT2D eigenvalue weighted by Gasteiger charge is 2.50. The van der Waals surface area contributed by atoms with Gasteiger partial charge in [0.05, 0.1) is 5.56 Å². The number of halogens is 2. The summed E-state index contributed by atoms with van der Waals surface area (Å²) in [6.45, 7) is 0.918. The van der Waals surface area contributed by atoms with Crippen molar-refractivity contribution >= 4 is 28.4 Å². The molecular weight excluding hydrogens is 552 g/mol. The zero-order valence-corrected chi connectivity index (χ0v) is 23.4. The number of hydrogen-bond donors (Lipinski definition) is 1. The van der Waals surface area contributed by atoms with Gasteiger partial charge in [-0.05, 0) is 11.6 Å². The molecule has 2 aliphatic heterocycles. The van der Waals surface area contributed by atoms with Crippen molar-refractivity contribution in [2.45, 2.75) is 24.9 Å². The highest BCUT2D eigenvalue weighted by atomic mass is 32.2. The van der Waals surface area contributed by atoms with Gasteiger partial charge in [-0.1, -0.05) is 17.4 Å². The Bertz CT molecular complexity index is 1540. The first-order chi connectivity index (χ1) is 18.4. The zero-order chi connectivity index (χ0) is 28.2. The van der Waals surface area contributed by atoms with Crippen molar-refractivity contribution in [3.63, 3.8) is 0 Å². The first kappa shape index (κ1) is 27.3. The Hall–Kier alpha value is -3.27. The van der Waals surface area contributed by atoms with E-state index in [-0.39, 0.29) is 28.2 Å². The van der Waals surface area contributed by atoms with Crippen LogP contribution in [0.25, 0.3) is 10.6 Å². The number of carbonyl (C=O) groups excluding carboxylic acids is 1. The van der Waals surface area contributed by atoms with Gasteiger partial charge in [0, 0.05) is 72.8 Å². The van der Waals surface area contributed by atoms with Gasteiger partial charge in [0.2, 0.25) is 5.43 Å². The summed E-state index contributed by atoms with van der Waals surface area (Å²) in [4.78, 5) is 28.1. The number of amides is 1. The molecule has 1 spiro atoms. The van der Waals surface area contributed by atoms with Crippen LogP contribution >= 0.6 is 11.3 Å². The van der Waals surface area contributed by atoms with Crippen LogP contribution in [0.5, 0.6) is 5.75 Å². The number of piperidine rings is 1. The van der Waals surface area contributed by atoms with E-state index < -0.39 is 45.6 Å². The van der Waals surface area contributed by atoms with Gasteiger partial charge in [-0.2, -0.15) is 0 Å². The number of carbonyl (C=O) groups is 1. The van der Waals surface area contributed by atoms with Crippen LogP contribution in [0.4, 0.5) is 8.78 Å². The molecular formula is C24H27F2N7O4S2. The maximum absolute atomic E-state index is 14.1. The molecule has 2 aliphatic rings. The van der Waals surface area contributed by atoms with Crippen molar-refractivity contribution in [1.82, 2.24) is 28.4 Å². The topological polar surface area (TPSA) is 115 Å². The summed E-state index contributed by atoms with van der Waals surface area (Å²) in [5.74, 6) is -2.63. The molecule has 1 amide bonds. The monoisotopic (exact) mass is 579 g/mol. The molecule has 15 heteroatoms. The normalized spacial score (nSPS) is 18.2. The molecule has 0 saturated carbocycles. The quantitative estimate of drug-likeness (QED) is 0.488. The minimum atomic E-state index is -1.31. The van der Waals surface area contributed by atoms with Crippen LogP contribution in [0.3, 0.4) is 0 Å². The van der Waals surface area contributed by atoms with E-state index in [4.69, 9.17) is 0 Å². The van der Waals surface area contributed by atoms with Crippen molar-refractivity contribution in [2.24, 2.45) is 0 Å². The van der Waals surface area contributed by atoms with E-state index in [0.717, 1.165) is 23.5 Å². The number of aromatic hydroxyl groups is 1. The van der Waals surface area contributed by atoms with Crippen molar-refractivity contribution < 1.29 is 22.9 Å². The predicted octanol–water partition coefficient (Wildman–Crippen LogP) is 1.53. The molecule has 2 aromatic heterocycles. The molecule has 0 radical (unpaired) electrons. The van der Waals surface area contributed by atoms with Gasteiger partial charge in [-0.15, -0.1) is 10.2 Å². The number of aromatic nitrogens is 3. The third kappa shape index (κ3) is 4.52. The van der Waals surface area contributed by atoms with Crippen LogP contribution in [0.2, 0.25) is 0 Å². The molecule has 1 N–H and O–H groups in total. The smallest absolute Gasteiger partial charge is 0.278 e. The van der Waals surface area contributed by atoms with Gasteiger partial charge in [-0.25, -0.2) is 21.6 Å². The summed E-state index contributed by atoms with van der Waals surface area (Å²) >= 11 is -0.269. The van der Waals surface area contributed by atoms with Crippen molar-refractivity contribution in [2.75, 3.05) is 46.3 Å². The molecule has 0 bridgehead atoms. The maximum Gasteiger partial charge on any atom is 0.278 e. The summed E-state index contributed by atoms with van der Waals surface area (Å²) in [7, 11) is 6.86. The molecule has 1 atom stereocenters. The van der Waals surface area contributed by atoms with Gasteiger partial charge in [0.25, 0.3) is 5.91 Å². The van der Waals surface area contributed by atoms with E-state index in [2.05, 4.69) is 10.2 Å². The minimum Gasteiger partial charge on any atom is -0.502 e. The summed E-state index contributed by atoms with van der Waals surface area (Å²) in [6.07, 6.45) is 2.44. The van der Waals surface area contributed by atoms with Crippen molar-refractivity contribution in [3.05, 3.63) is 62.5 Å². The molecule has 11 nitrogen and oxygen atoms in total. The van der Waals surface area contributed by atoms with Gasteiger partial charge in [-0.3, -0.25) is 19.3 Å². The molecule has 1 fully saturated rings. The van der Waals surface area contributed by atoms with Crippen molar-refractivity contribution in [3.8, 4) is 16.3 Å². The third-order valence-corrected chi connectivity index (χ3v) is 9.72. The Morgan fingerprint density at radius 3 is 2.49 bits per heavy atom. The van der Waals surface area contributed by atoms with Crippen LogP contribution in [0, 0.1) is 11.6 Å². The number of rotatable bonds is 5. The van der Waals surface area contributed by atoms with Gasteiger partial charge < -0.3 is 10.0 Å². The van der Waals surface area contributed by atoms with E-state index in [1.807, 2.05) is 4.31 Å². The number of benzene rings is 1. The molecule has 1 unspecified atom stereocenters. The van der Waals surface area contributed by atoms with Crippen LogP contribution in [0.1, 0.15) is 33.9 Å². The first-order valence-corrected chi connectivity index (χ1v) is 13.9. The highest BCUT2D eigenvalue weighted by molar-refractivity contribution is 7.80. The number of pyridine rings is 1. The van der Waals surface area contributed by atoms with Crippen LogP contribution < -0.4 is 10.4 Å². The summed E-state index contributed by atoms with van der Waals surface area (Å²) in [6, 6.07) is 3.26. The number of hydrogen-bond acceptors (Lipinski definition) is 8. The molecule has 5 rings (SSSR count). The van der Waals surface area contributed by atoms with E-state index in [9.17, 15) is 27.7 Å². The lowest BCUT2D eigenvalue weighted by Gasteiger charge is -2.55. The Labute approximate surface area is 229 Å². The Kier molecular flexibility index (Phi) is 7.03. The second kappa shape index (κ2) is 10.0. The highest BCUT2D eigenvalue weighted by Crippen LogP contribution is 2.38.